The fraction of sp³-hybridized carbons (Fsp3) is 0.375. The molecule has 1 aromatic heterocycles. The van der Waals surface area contributed by atoms with Crippen LogP contribution in [0.2, 0.25) is 0 Å². The van der Waals surface area contributed by atoms with Gasteiger partial charge in [-0.05, 0) is 37.1 Å². The Kier molecular flexibility index (Phi) is 5.24. The van der Waals surface area contributed by atoms with Crippen molar-refractivity contribution >= 4 is 11.5 Å². The van der Waals surface area contributed by atoms with Gasteiger partial charge in [0.05, 0.1) is 18.1 Å². The van der Waals surface area contributed by atoms with Crippen LogP contribution in [-0.2, 0) is 4.74 Å². The van der Waals surface area contributed by atoms with Crippen LogP contribution in [0.5, 0.6) is 17.4 Å². The molecule has 0 saturated carbocycles. The third-order valence-electron chi connectivity index (χ3n) is 3.77. The number of benzene rings is 1. The molecule has 0 aliphatic carbocycles. The lowest BCUT2D eigenvalue weighted by Gasteiger charge is -2.12. The van der Waals surface area contributed by atoms with E-state index in [1.165, 1.54) is 6.33 Å². The van der Waals surface area contributed by atoms with Gasteiger partial charge in [-0.15, -0.1) is 0 Å². The number of hydrogen-bond donors (Lipinski definition) is 1. The maximum absolute atomic E-state index is 11.5. The van der Waals surface area contributed by atoms with Crippen LogP contribution in [0.15, 0.2) is 30.6 Å². The molecular weight excluding hydrogens is 328 g/mol. The molecule has 1 aliphatic heterocycles. The summed E-state index contributed by atoms with van der Waals surface area (Å²) in [6.07, 6.45) is 3.16. The monoisotopic (exact) mass is 346 g/mol. The van der Waals surface area contributed by atoms with Crippen LogP contribution in [0.3, 0.4) is 0 Å². The Hall–Kier alpha value is -2.94. The van der Waals surface area contributed by atoms with Gasteiger partial charge >= 0.3 is 11.6 Å². The molecular formula is C16H18N4O5. The van der Waals surface area contributed by atoms with Crippen LogP contribution in [-0.4, -0.2) is 41.3 Å². The van der Waals surface area contributed by atoms with E-state index in [9.17, 15) is 10.1 Å². The number of nitro groups is 1. The number of rotatable bonds is 7. The Morgan fingerprint density at radius 1 is 1.32 bits per heavy atom. The van der Waals surface area contributed by atoms with Gasteiger partial charge in [-0.3, -0.25) is 10.1 Å². The molecule has 9 heteroatoms. The van der Waals surface area contributed by atoms with Crippen LogP contribution in [0.4, 0.5) is 11.5 Å². The molecule has 2 aromatic rings. The van der Waals surface area contributed by atoms with Crippen molar-refractivity contribution in [3.05, 3.63) is 40.7 Å². The summed E-state index contributed by atoms with van der Waals surface area (Å²) in [5.41, 5.74) is -0.309. The molecule has 1 aromatic carbocycles. The van der Waals surface area contributed by atoms with E-state index in [4.69, 9.17) is 14.2 Å². The van der Waals surface area contributed by atoms with Gasteiger partial charge in [0.2, 0.25) is 5.82 Å². The quantitative estimate of drug-likeness (QED) is 0.602. The molecule has 1 N–H and O–H groups in total. The number of anilines is 1. The molecule has 0 bridgehead atoms. The highest BCUT2D eigenvalue weighted by atomic mass is 16.6. The number of nitrogens with zero attached hydrogens (tertiary/aromatic N) is 3. The van der Waals surface area contributed by atoms with Crippen molar-refractivity contribution in [2.75, 3.05) is 25.6 Å². The second-order valence-electron chi connectivity index (χ2n) is 5.43. The summed E-state index contributed by atoms with van der Waals surface area (Å²) >= 11 is 0. The zero-order valence-electron chi connectivity index (χ0n) is 13.7. The first-order valence-corrected chi connectivity index (χ1v) is 7.84. The number of ether oxygens (including phenoxy) is 3. The SMILES string of the molecule is COc1ccc(Oc2ncnc(NCC3CCCO3)c2[N+](=O)[O-])cc1. The zero-order chi connectivity index (χ0) is 17.6. The van der Waals surface area contributed by atoms with Gasteiger partial charge in [0, 0.05) is 13.2 Å². The van der Waals surface area contributed by atoms with Crippen molar-refractivity contribution in [1.29, 1.82) is 0 Å². The van der Waals surface area contributed by atoms with Crippen molar-refractivity contribution in [3.8, 4) is 17.4 Å². The van der Waals surface area contributed by atoms with E-state index in [-0.39, 0.29) is 23.5 Å². The lowest BCUT2D eigenvalue weighted by atomic mass is 10.2. The summed E-state index contributed by atoms with van der Waals surface area (Å²) in [7, 11) is 1.55. The van der Waals surface area contributed by atoms with Crippen LogP contribution < -0.4 is 14.8 Å². The second-order valence-corrected chi connectivity index (χ2v) is 5.43. The van der Waals surface area contributed by atoms with Crippen LogP contribution in [0.25, 0.3) is 0 Å². The highest BCUT2D eigenvalue weighted by molar-refractivity contribution is 5.61. The van der Waals surface area contributed by atoms with E-state index in [2.05, 4.69) is 15.3 Å². The van der Waals surface area contributed by atoms with Crippen LogP contribution >= 0.6 is 0 Å². The largest absolute Gasteiger partial charge is 0.497 e. The average Bonchev–Trinajstić information content (AvgIpc) is 3.14. The third-order valence-corrected chi connectivity index (χ3v) is 3.77. The summed E-state index contributed by atoms with van der Waals surface area (Å²) in [6.45, 7) is 1.16. The molecule has 0 radical (unpaired) electrons. The second kappa shape index (κ2) is 7.75. The average molecular weight is 346 g/mol. The molecule has 1 saturated heterocycles. The zero-order valence-corrected chi connectivity index (χ0v) is 13.7. The van der Waals surface area contributed by atoms with Gasteiger partial charge < -0.3 is 19.5 Å². The predicted molar refractivity (Wildman–Crippen MR) is 89.2 cm³/mol. The topological polar surface area (TPSA) is 109 Å². The summed E-state index contributed by atoms with van der Waals surface area (Å²) in [4.78, 5) is 18.8. The number of hydrogen-bond acceptors (Lipinski definition) is 8. The molecule has 0 spiro atoms. The van der Waals surface area contributed by atoms with E-state index >= 15 is 0 Å². The van der Waals surface area contributed by atoms with Gasteiger partial charge in [0.1, 0.15) is 17.8 Å². The van der Waals surface area contributed by atoms with E-state index in [1.54, 1.807) is 31.4 Å². The first-order valence-electron chi connectivity index (χ1n) is 7.84. The number of nitrogens with one attached hydrogen (secondary N) is 1. The minimum absolute atomic E-state index is 0.0283. The molecule has 9 nitrogen and oxygen atoms in total. The van der Waals surface area contributed by atoms with Crippen molar-refractivity contribution < 1.29 is 19.1 Å². The van der Waals surface area contributed by atoms with E-state index in [0.717, 1.165) is 12.8 Å². The van der Waals surface area contributed by atoms with Gasteiger partial charge in [-0.25, -0.2) is 4.98 Å². The minimum atomic E-state index is -0.559. The molecule has 1 atom stereocenters. The fourth-order valence-electron chi connectivity index (χ4n) is 2.50. The maximum Gasteiger partial charge on any atom is 0.373 e. The molecule has 1 unspecified atom stereocenters. The van der Waals surface area contributed by atoms with Crippen molar-refractivity contribution in [3.63, 3.8) is 0 Å². The first kappa shape index (κ1) is 16.9. The van der Waals surface area contributed by atoms with E-state index < -0.39 is 4.92 Å². The first-order chi connectivity index (χ1) is 12.2. The van der Waals surface area contributed by atoms with E-state index in [1.807, 2.05) is 0 Å². The van der Waals surface area contributed by atoms with Crippen molar-refractivity contribution in [2.45, 2.75) is 18.9 Å². The van der Waals surface area contributed by atoms with Gasteiger partial charge in [-0.2, -0.15) is 4.98 Å². The minimum Gasteiger partial charge on any atom is -0.497 e. The molecule has 25 heavy (non-hydrogen) atoms. The normalized spacial score (nSPS) is 16.4. The lowest BCUT2D eigenvalue weighted by Crippen LogP contribution is -2.19. The Morgan fingerprint density at radius 2 is 2.08 bits per heavy atom. The summed E-state index contributed by atoms with van der Waals surface area (Å²) in [5.74, 6) is 1.05. The number of methoxy groups -OCH3 is 1. The van der Waals surface area contributed by atoms with Crippen LogP contribution in [0.1, 0.15) is 12.8 Å². The van der Waals surface area contributed by atoms with Crippen LogP contribution in [0, 0.1) is 10.1 Å². The van der Waals surface area contributed by atoms with Gasteiger partial charge in [0.25, 0.3) is 0 Å². The molecule has 3 rings (SSSR count). The molecule has 1 aliphatic rings. The Labute approximate surface area is 144 Å². The molecule has 0 amide bonds. The van der Waals surface area contributed by atoms with Gasteiger partial charge in [-0.1, -0.05) is 0 Å². The predicted octanol–water partition coefficient (Wildman–Crippen LogP) is 2.78. The third kappa shape index (κ3) is 4.13. The van der Waals surface area contributed by atoms with E-state index in [0.29, 0.717) is 24.7 Å². The molecule has 1 fully saturated rings. The van der Waals surface area contributed by atoms with Gasteiger partial charge in [0.15, 0.2) is 0 Å². The smallest absolute Gasteiger partial charge is 0.373 e. The molecule has 2 heterocycles. The van der Waals surface area contributed by atoms with Crippen molar-refractivity contribution in [2.24, 2.45) is 0 Å². The summed E-state index contributed by atoms with van der Waals surface area (Å²) < 4.78 is 16.1. The Balaban J connectivity index is 1.79. The summed E-state index contributed by atoms with van der Waals surface area (Å²) in [5, 5.41) is 14.4. The lowest BCUT2D eigenvalue weighted by molar-refractivity contribution is -0.385. The van der Waals surface area contributed by atoms with Crippen molar-refractivity contribution in [1.82, 2.24) is 9.97 Å². The Bertz CT molecular complexity index is 732. The number of aromatic nitrogens is 2. The molecule has 132 valence electrons. The summed E-state index contributed by atoms with van der Waals surface area (Å²) in [6, 6.07) is 6.67. The fourth-order valence-corrected chi connectivity index (χ4v) is 2.50. The Morgan fingerprint density at radius 3 is 2.72 bits per heavy atom. The maximum atomic E-state index is 11.5. The highest BCUT2D eigenvalue weighted by Gasteiger charge is 2.26. The highest BCUT2D eigenvalue weighted by Crippen LogP contribution is 2.34. The standard InChI is InChI=1S/C16H18N4O5/c1-23-11-4-6-12(7-5-11)25-16-14(20(21)22)15(18-10-19-16)17-9-13-3-2-8-24-13/h4-7,10,13H,2-3,8-9H2,1H3,(H,17,18,19).